The van der Waals surface area contributed by atoms with E-state index in [9.17, 15) is 4.79 Å². The Bertz CT molecular complexity index is 147. The molecule has 3 nitrogen and oxygen atoms in total. The maximum absolute atomic E-state index is 10.8. The van der Waals surface area contributed by atoms with Crippen LogP contribution >= 0.6 is 0 Å². The minimum atomic E-state index is -0.0784. The molecule has 64 valence electrons. The Hall–Kier alpha value is -0.570. The highest BCUT2D eigenvalue weighted by Gasteiger charge is 2.21. The number of hydrogen-bond donors (Lipinski definition) is 0. The van der Waals surface area contributed by atoms with E-state index >= 15 is 0 Å². The Kier molecular flexibility index (Phi) is 2.88. The highest BCUT2D eigenvalue weighted by atomic mass is 16.5. The Morgan fingerprint density at radius 1 is 1.73 bits per heavy atom. The molecule has 1 rings (SSSR count). The van der Waals surface area contributed by atoms with Gasteiger partial charge in [0.2, 0.25) is 0 Å². The lowest BCUT2D eigenvalue weighted by Gasteiger charge is -2.07. The van der Waals surface area contributed by atoms with Gasteiger partial charge in [-0.15, -0.1) is 0 Å². The van der Waals surface area contributed by atoms with Crippen LogP contribution in [0, 0.1) is 5.92 Å². The van der Waals surface area contributed by atoms with E-state index in [0.29, 0.717) is 12.3 Å². The van der Waals surface area contributed by atoms with E-state index in [4.69, 9.17) is 0 Å². The Labute approximate surface area is 67.3 Å². The Morgan fingerprint density at radius 3 is 2.91 bits per heavy atom. The van der Waals surface area contributed by atoms with Gasteiger partial charge in [-0.2, -0.15) is 0 Å². The van der Waals surface area contributed by atoms with Crippen molar-refractivity contribution >= 4 is 5.97 Å². The molecule has 0 saturated carbocycles. The number of rotatable bonds is 2. The molecule has 1 aliphatic heterocycles. The van der Waals surface area contributed by atoms with Gasteiger partial charge in [-0.1, -0.05) is 0 Å². The fraction of sp³-hybridized carbons (Fsp3) is 0.875. The molecule has 0 bridgehead atoms. The topological polar surface area (TPSA) is 29.5 Å². The Balaban J connectivity index is 2.23. The van der Waals surface area contributed by atoms with Gasteiger partial charge in [0.05, 0.1) is 7.11 Å². The molecule has 3 heteroatoms. The number of ether oxygens (including phenoxy) is 1. The summed E-state index contributed by atoms with van der Waals surface area (Å²) in [5.41, 5.74) is 0. The predicted octanol–water partition coefficient (Wildman–Crippen LogP) is 0.501. The first kappa shape index (κ1) is 8.53. The lowest BCUT2D eigenvalue weighted by molar-refractivity contribution is -0.141. The molecule has 11 heavy (non-hydrogen) atoms. The van der Waals surface area contributed by atoms with Gasteiger partial charge in [0, 0.05) is 13.0 Å². The highest BCUT2D eigenvalue weighted by Crippen LogP contribution is 2.17. The van der Waals surface area contributed by atoms with E-state index in [0.717, 1.165) is 19.5 Å². The summed E-state index contributed by atoms with van der Waals surface area (Å²) in [6.45, 7) is 2.15. The number of carbonyl (C=O) groups excluding carboxylic acids is 1. The second kappa shape index (κ2) is 3.72. The van der Waals surface area contributed by atoms with E-state index in [1.165, 1.54) is 7.11 Å². The third kappa shape index (κ3) is 2.50. The predicted molar refractivity (Wildman–Crippen MR) is 42.2 cm³/mol. The normalized spacial score (nSPS) is 25.5. The van der Waals surface area contributed by atoms with Gasteiger partial charge < -0.3 is 9.64 Å². The molecular formula is C8H15NO2. The van der Waals surface area contributed by atoms with Crippen LogP contribution in [0.1, 0.15) is 12.8 Å². The molecule has 0 aliphatic carbocycles. The summed E-state index contributed by atoms with van der Waals surface area (Å²) in [6.07, 6.45) is 1.71. The van der Waals surface area contributed by atoms with Crippen LogP contribution in [0.25, 0.3) is 0 Å². The molecule has 1 fully saturated rings. The molecule has 1 unspecified atom stereocenters. The monoisotopic (exact) mass is 157 g/mol. The number of methoxy groups -OCH3 is 1. The van der Waals surface area contributed by atoms with Crippen LogP contribution in [0.3, 0.4) is 0 Å². The van der Waals surface area contributed by atoms with Crippen molar-refractivity contribution in [2.75, 3.05) is 27.2 Å². The molecule has 0 N–H and O–H groups in total. The molecule has 0 spiro atoms. The van der Waals surface area contributed by atoms with Crippen LogP contribution in [-0.2, 0) is 9.53 Å². The van der Waals surface area contributed by atoms with Gasteiger partial charge in [-0.05, 0) is 25.9 Å². The summed E-state index contributed by atoms with van der Waals surface area (Å²) in [5, 5.41) is 0. The lowest BCUT2D eigenvalue weighted by atomic mass is 10.1. The van der Waals surface area contributed by atoms with Crippen molar-refractivity contribution < 1.29 is 9.53 Å². The molecule has 1 atom stereocenters. The van der Waals surface area contributed by atoms with Crippen molar-refractivity contribution in [1.82, 2.24) is 4.90 Å². The molecule has 0 aromatic heterocycles. The largest absolute Gasteiger partial charge is 0.469 e. The quantitative estimate of drug-likeness (QED) is 0.547. The van der Waals surface area contributed by atoms with E-state index in [2.05, 4.69) is 16.7 Å². The molecule has 1 saturated heterocycles. The average Bonchev–Trinajstić information content (AvgIpc) is 2.35. The first-order valence-corrected chi connectivity index (χ1v) is 3.97. The van der Waals surface area contributed by atoms with E-state index < -0.39 is 0 Å². The van der Waals surface area contributed by atoms with Crippen LogP contribution in [0.2, 0.25) is 0 Å². The second-order valence-electron chi connectivity index (χ2n) is 3.20. The zero-order valence-corrected chi connectivity index (χ0v) is 7.17. The summed E-state index contributed by atoms with van der Waals surface area (Å²) in [6, 6.07) is 0. The number of esters is 1. The Morgan fingerprint density at radius 2 is 2.45 bits per heavy atom. The fourth-order valence-electron chi connectivity index (χ4n) is 1.51. The van der Waals surface area contributed by atoms with Gasteiger partial charge in [0.15, 0.2) is 0 Å². The molecule has 0 amide bonds. The second-order valence-corrected chi connectivity index (χ2v) is 3.20. The summed E-state index contributed by atoms with van der Waals surface area (Å²) < 4.78 is 4.59. The highest BCUT2D eigenvalue weighted by molar-refractivity contribution is 5.69. The molecule has 0 radical (unpaired) electrons. The summed E-state index contributed by atoms with van der Waals surface area (Å²) in [4.78, 5) is 13.1. The van der Waals surface area contributed by atoms with Crippen molar-refractivity contribution in [2.45, 2.75) is 12.8 Å². The van der Waals surface area contributed by atoms with Crippen LogP contribution in [0.5, 0.6) is 0 Å². The number of hydrogen-bond acceptors (Lipinski definition) is 3. The molecule has 0 aromatic rings. The number of likely N-dealkylation sites (tertiary alicyclic amines) is 1. The zero-order valence-electron chi connectivity index (χ0n) is 7.17. The third-order valence-corrected chi connectivity index (χ3v) is 2.17. The van der Waals surface area contributed by atoms with Crippen LogP contribution in [0.15, 0.2) is 0 Å². The lowest BCUT2D eigenvalue weighted by Crippen LogP contribution is -2.16. The summed E-state index contributed by atoms with van der Waals surface area (Å²) in [7, 11) is 3.53. The van der Waals surface area contributed by atoms with Crippen molar-refractivity contribution in [2.24, 2.45) is 5.92 Å². The summed E-state index contributed by atoms with van der Waals surface area (Å²) >= 11 is 0. The van der Waals surface area contributed by atoms with Gasteiger partial charge in [-0.25, -0.2) is 0 Å². The van der Waals surface area contributed by atoms with E-state index in [-0.39, 0.29) is 5.97 Å². The first-order valence-electron chi connectivity index (χ1n) is 3.97. The van der Waals surface area contributed by atoms with Gasteiger partial charge >= 0.3 is 5.97 Å². The smallest absolute Gasteiger partial charge is 0.305 e. The fourth-order valence-corrected chi connectivity index (χ4v) is 1.51. The minimum Gasteiger partial charge on any atom is -0.469 e. The van der Waals surface area contributed by atoms with Crippen molar-refractivity contribution in [3.8, 4) is 0 Å². The molecular weight excluding hydrogens is 142 g/mol. The molecule has 1 aliphatic rings. The standard InChI is InChI=1S/C8H15NO2/c1-9-4-3-7(6-9)5-8(10)11-2/h7H,3-6H2,1-2H3. The average molecular weight is 157 g/mol. The maximum Gasteiger partial charge on any atom is 0.305 e. The first-order chi connectivity index (χ1) is 5.22. The van der Waals surface area contributed by atoms with Crippen LogP contribution in [-0.4, -0.2) is 38.1 Å². The summed E-state index contributed by atoms with van der Waals surface area (Å²) in [5.74, 6) is 0.442. The SMILES string of the molecule is COC(=O)CC1CCN(C)C1. The van der Waals surface area contributed by atoms with Gasteiger partial charge in [0.1, 0.15) is 0 Å². The van der Waals surface area contributed by atoms with E-state index in [1.807, 2.05) is 0 Å². The van der Waals surface area contributed by atoms with Crippen LogP contribution < -0.4 is 0 Å². The number of carbonyl (C=O) groups is 1. The number of nitrogens with zero attached hydrogens (tertiary/aromatic N) is 1. The van der Waals surface area contributed by atoms with Crippen LogP contribution in [0.4, 0.5) is 0 Å². The third-order valence-electron chi connectivity index (χ3n) is 2.17. The maximum atomic E-state index is 10.8. The van der Waals surface area contributed by atoms with Crippen molar-refractivity contribution in [3.05, 3.63) is 0 Å². The van der Waals surface area contributed by atoms with E-state index in [1.54, 1.807) is 0 Å². The van der Waals surface area contributed by atoms with Crippen molar-refractivity contribution in [1.29, 1.82) is 0 Å². The van der Waals surface area contributed by atoms with Crippen molar-refractivity contribution in [3.63, 3.8) is 0 Å². The zero-order chi connectivity index (χ0) is 8.27. The molecule has 0 aromatic carbocycles. The molecule has 1 heterocycles. The van der Waals surface area contributed by atoms with Gasteiger partial charge in [-0.3, -0.25) is 4.79 Å². The minimum absolute atomic E-state index is 0.0784. The van der Waals surface area contributed by atoms with Gasteiger partial charge in [0.25, 0.3) is 0 Å².